The van der Waals surface area contributed by atoms with E-state index >= 15 is 0 Å². The topological polar surface area (TPSA) is 33.3 Å². The molecule has 0 bridgehead atoms. The third-order valence-corrected chi connectivity index (χ3v) is 5.52. The highest BCUT2D eigenvalue weighted by Crippen LogP contribution is 2.31. The first-order chi connectivity index (χ1) is 14.1. The second kappa shape index (κ2) is 10.3. The number of fused-ring (bicyclic) bond motifs is 1. The molecular weight excluding hydrogens is 380 g/mol. The number of nitrogens with one attached hydrogen (secondary N) is 2. The lowest BCUT2D eigenvalue weighted by atomic mass is 10.0. The number of rotatable bonds is 8. The summed E-state index contributed by atoms with van der Waals surface area (Å²) in [4.78, 5) is 0. The van der Waals surface area contributed by atoms with Crippen molar-refractivity contribution in [3.05, 3.63) is 95.1 Å². The molecule has 4 heteroatoms. The Kier molecular flexibility index (Phi) is 7.56. The standard InChI is InChI=1S/C25H29ClN2O/c1-4-6-20(5-2)18(3)29-22-10-7-19(8-11-22)17-28-25-23-14-16-27-15-13-21(23)9-12-24(25)26/h4-12,18,27-28H,1-2,13-17H2,3H3/b20-6+. The maximum Gasteiger partial charge on any atom is 0.121 e. The van der Waals surface area contributed by atoms with Crippen LogP contribution in [0.1, 0.15) is 23.6 Å². The Balaban J connectivity index is 1.66. The third kappa shape index (κ3) is 5.53. The molecule has 0 fully saturated rings. The van der Waals surface area contributed by atoms with E-state index in [1.807, 2.05) is 31.2 Å². The minimum Gasteiger partial charge on any atom is -0.486 e. The summed E-state index contributed by atoms with van der Waals surface area (Å²) in [7, 11) is 0. The molecule has 3 nitrogen and oxygen atoms in total. The van der Waals surface area contributed by atoms with Crippen molar-refractivity contribution < 1.29 is 4.74 Å². The van der Waals surface area contributed by atoms with Crippen molar-refractivity contribution in [2.75, 3.05) is 18.4 Å². The second-order valence-corrected chi connectivity index (χ2v) is 7.58. The van der Waals surface area contributed by atoms with Crippen molar-refractivity contribution >= 4 is 17.3 Å². The summed E-state index contributed by atoms with van der Waals surface area (Å²) in [6.45, 7) is 12.3. The van der Waals surface area contributed by atoms with E-state index in [0.29, 0.717) is 6.54 Å². The van der Waals surface area contributed by atoms with Crippen LogP contribution in [0.4, 0.5) is 5.69 Å². The summed E-state index contributed by atoms with van der Waals surface area (Å²) in [5, 5.41) is 7.79. The van der Waals surface area contributed by atoms with Crippen LogP contribution in [0.15, 0.2) is 73.4 Å². The average molecular weight is 409 g/mol. The first-order valence-corrected chi connectivity index (χ1v) is 10.5. The smallest absolute Gasteiger partial charge is 0.121 e. The van der Waals surface area contributed by atoms with E-state index in [2.05, 4.69) is 42.0 Å². The molecule has 2 aromatic carbocycles. The molecule has 0 aromatic heterocycles. The molecule has 0 saturated heterocycles. The SMILES string of the molecule is C=C/C=C(\C=C)C(C)Oc1ccc(CNc2c(Cl)ccc3c2CCNCC3)cc1. The van der Waals surface area contributed by atoms with Crippen molar-refractivity contribution in [1.82, 2.24) is 5.32 Å². The van der Waals surface area contributed by atoms with Crippen molar-refractivity contribution in [1.29, 1.82) is 0 Å². The van der Waals surface area contributed by atoms with Crippen LogP contribution in [-0.2, 0) is 19.4 Å². The van der Waals surface area contributed by atoms with E-state index in [4.69, 9.17) is 16.3 Å². The molecule has 1 unspecified atom stereocenters. The van der Waals surface area contributed by atoms with E-state index < -0.39 is 0 Å². The number of anilines is 1. The minimum atomic E-state index is -0.0818. The quantitative estimate of drug-likeness (QED) is 0.549. The van der Waals surface area contributed by atoms with E-state index in [0.717, 1.165) is 48.0 Å². The van der Waals surface area contributed by atoms with Gasteiger partial charge in [0.2, 0.25) is 0 Å². The molecule has 3 rings (SSSR count). The molecule has 0 spiro atoms. The monoisotopic (exact) mass is 408 g/mol. The number of benzene rings is 2. The molecular formula is C25H29ClN2O. The number of allylic oxidation sites excluding steroid dienone is 2. The van der Waals surface area contributed by atoms with Gasteiger partial charge in [-0.25, -0.2) is 0 Å². The van der Waals surface area contributed by atoms with Gasteiger partial charge in [-0.3, -0.25) is 0 Å². The fraction of sp³-hybridized carbons (Fsp3) is 0.280. The maximum atomic E-state index is 6.51. The van der Waals surface area contributed by atoms with Crippen LogP contribution in [0, 0.1) is 0 Å². The highest BCUT2D eigenvalue weighted by atomic mass is 35.5. The summed E-state index contributed by atoms with van der Waals surface area (Å²) in [6.07, 6.45) is 7.41. The highest BCUT2D eigenvalue weighted by Gasteiger charge is 2.14. The van der Waals surface area contributed by atoms with Gasteiger partial charge in [0.15, 0.2) is 0 Å². The van der Waals surface area contributed by atoms with Crippen molar-refractivity contribution in [2.24, 2.45) is 0 Å². The molecule has 1 atom stereocenters. The van der Waals surface area contributed by atoms with Crippen molar-refractivity contribution in [3.8, 4) is 5.75 Å². The predicted molar refractivity (Wildman–Crippen MR) is 124 cm³/mol. The number of hydrogen-bond donors (Lipinski definition) is 2. The first-order valence-electron chi connectivity index (χ1n) is 10.1. The van der Waals surface area contributed by atoms with Gasteiger partial charge in [0.25, 0.3) is 0 Å². The van der Waals surface area contributed by atoms with Gasteiger partial charge in [-0.1, -0.05) is 61.2 Å². The lowest BCUT2D eigenvalue weighted by Crippen LogP contribution is -2.16. The van der Waals surface area contributed by atoms with Crippen LogP contribution in [0.2, 0.25) is 5.02 Å². The third-order valence-electron chi connectivity index (χ3n) is 5.20. The van der Waals surface area contributed by atoms with Crippen LogP contribution >= 0.6 is 11.6 Å². The summed E-state index contributed by atoms with van der Waals surface area (Å²) >= 11 is 6.51. The van der Waals surface area contributed by atoms with Gasteiger partial charge in [0, 0.05) is 6.54 Å². The summed E-state index contributed by atoms with van der Waals surface area (Å²) in [6, 6.07) is 12.3. The van der Waals surface area contributed by atoms with Crippen molar-refractivity contribution in [3.63, 3.8) is 0 Å². The Hall–Kier alpha value is -2.49. The lowest BCUT2D eigenvalue weighted by molar-refractivity contribution is 0.261. The molecule has 0 aliphatic carbocycles. The fourth-order valence-electron chi connectivity index (χ4n) is 3.59. The van der Waals surface area contributed by atoms with Gasteiger partial charge >= 0.3 is 0 Å². The zero-order valence-electron chi connectivity index (χ0n) is 17.0. The Labute approximate surface area is 179 Å². The molecule has 1 aliphatic rings. The minimum absolute atomic E-state index is 0.0818. The molecule has 0 amide bonds. The largest absolute Gasteiger partial charge is 0.486 e. The van der Waals surface area contributed by atoms with E-state index in [1.165, 1.54) is 16.7 Å². The molecule has 29 heavy (non-hydrogen) atoms. The van der Waals surface area contributed by atoms with Gasteiger partial charge in [-0.2, -0.15) is 0 Å². The lowest BCUT2D eigenvalue weighted by Gasteiger charge is -2.17. The molecule has 2 N–H and O–H groups in total. The van der Waals surface area contributed by atoms with Crippen LogP contribution in [0.5, 0.6) is 5.75 Å². The molecule has 1 aliphatic heterocycles. The van der Waals surface area contributed by atoms with Crippen LogP contribution in [0.25, 0.3) is 0 Å². The van der Waals surface area contributed by atoms with Gasteiger partial charge < -0.3 is 15.4 Å². The van der Waals surface area contributed by atoms with E-state index in [9.17, 15) is 0 Å². The Morgan fingerprint density at radius 2 is 1.93 bits per heavy atom. The highest BCUT2D eigenvalue weighted by molar-refractivity contribution is 6.33. The van der Waals surface area contributed by atoms with E-state index in [1.54, 1.807) is 12.2 Å². The van der Waals surface area contributed by atoms with Crippen molar-refractivity contribution in [2.45, 2.75) is 32.4 Å². The molecule has 1 heterocycles. The van der Waals surface area contributed by atoms with Gasteiger partial charge in [0.05, 0.1) is 10.7 Å². The zero-order valence-corrected chi connectivity index (χ0v) is 17.8. The van der Waals surface area contributed by atoms with Gasteiger partial charge in [0.1, 0.15) is 11.9 Å². The molecule has 0 radical (unpaired) electrons. The van der Waals surface area contributed by atoms with Crippen LogP contribution in [-0.4, -0.2) is 19.2 Å². The van der Waals surface area contributed by atoms with E-state index in [-0.39, 0.29) is 6.10 Å². The summed E-state index contributed by atoms with van der Waals surface area (Å²) in [5.74, 6) is 0.829. The summed E-state index contributed by atoms with van der Waals surface area (Å²) < 4.78 is 6.01. The van der Waals surface area contributed by atoms with Crippen LogP contribution < -0.4 is 15.4 Å². The normalized spacial score (nSPS) is 15.0. The fourth-order valence-corrected chi connectivity index (χ4v) is 3.83. The average Bonchev–Trinajstić information content (AvgIpc) is 2.98. The first kappa shape index (κ1) is 21.2. The second-order valence-electron chi connectivity index (χ2n) is 7.17. The molecule has 0 saturated carbocycles. The number of ether oxygens (including phenoxy) is 1. The maximum absolute atomic E-state index is 6.51. The molecule has 152 valence electrons. The Bertz CT molecular complexity index is 886. The summed E-state index contributed by atoms with van der Waals surface area (Å²) in [5.41, 5.74) is 5.95. The Morgan fingerprint density at radius 1 is 1.17 bits per heavy atom. The van der Waals surface area contributed by atoms with Gasteiger partial charge in [-0.05, 0) is 73.3 Å². The van der Waals surface area contributed by atoms with Crippen LogP contribution in [0.3, 0.4) is 0 Å². The van der Waals surface area contributed by atoms with Gasteiger partial charge in [-0.15, -0.1) is 0 Å². The molecule has 2 aromatic rings. The zero-order chi connectivity index (χ0) is 20.6. The number of hydrogen-bond acceptors (Lipinski definition) is 3. The number of halogens is 1. The predicted octanol–water partition coefficient (Wildman–Crippen LogP) is 5.71. The Morgan fingerprint density at radius 3 is 2.66 bits per heavy atom.